The maximum atomic E-state index is 13.2. The van der Waals surface area contributed by atoms with Crippen molar-refractivity contribution in [2.45, 2.75) is 16.2 Å². The van der Waals surface area contributed by atoms with E-state index in [1.165, 1.54) is 0 Å². The molecule has 3 heterocycles. The maximum absolute atomic E-state index is 13.2. The van der Waals surface area contributed by atoms with Crippen LogP contribution >= 0.6 is 0 Å². The number of benzene rings is 1. The molecule has 0 unspecified atom stereocenters. The molecule has 0 saturated carbocycles. The quantitative estimate of drug-likeness (QED) is 0.765. The smallest absolute Gasteiger partial charge is 0.214 e. The van der Waals surface area contributed by atoms with Crippen LogP contribution in [0.1, 0.15) is 12.1 Å². The Kier molecular flexibility index (Phi) is 4.04. The van der Waals surface area contributed by atoms with E-state index in [0.717, 1.165) is 17.7 Å². The molecule has 0 fully saturated rings. The number of nitrogens with one attached hydrogen (secondary N) is 1. The largest absolute Gasteiger partial charge is 0.370 e. The fraction of sp³-hybridized carbons (Fsp3) is 0.167. The molecule has 0 radical (unpaired) electrons. The van der Waals surface area contributed by atoms with Gasteiger partial charge in [-0.2, -0.15) is 0 Å². The standard InChI is InChI=1S/C18H17N5O2S/c1-19-17-16(26(24,25)14-7-3-2-4-8-14)18-21-11-9-15(23(18)22-17)13-6-5-10-20-12-13/h2-4,6-11H,5,12H2,1H3,(H,19,22). The van der Waals surface area contributed by atoms with Gasteiger partial charge in [-0.25, -0.2) is 17.9 Å². The Bertz CT molecular complexity index is 1130. The number of fused-ring (bicyclic) bond motifs is 1. The topological polar surface area (TPSA) is 88.7 Å². The van der Waals surface area contributed by atoms with Crippen molar-refractivity contribution >= 4 is 33.1 Å². The van der Waals surface area contributed by atoms with E-state index in [2.05, 4.69) is 26.5 Å². The van der Waals surface area contributed by atoms with Crippen LogP contribution in [0.3, 0.4) is 0 Å². The van der Waals surface area contributed by atoms with Crippen LogP contribution in [-0.2, 0) is 9.84 Å². The van der Waals surface area contributed by atoms with Crippen molar-refractivity contribution in [1.82, 2.24) is 14.6 Å². The number of aliphatic imine (C=N–C) groups is 1. The zero-order valence-corrected chi connectivity index (χ0v) is 14.9. The van der Waals surface area contributed by atoms with Crippen molar-refractivity contribution in [3.05, 3.63) is 54.4 Å². The van der Waals surface area contributed by atoms with Gasteiger partial charge in [-0.1, -0.05) is 24.3 Å². The first-order chi connectivity index (χ1) is 12.6. The number of dihydropyridines is 1. The van der Waals surface area contributed by atoms with Gasteiger partial charge in [-0.3, -0.25) is 4.99 Å². The highest BCUT2D eigenvalue weighted by Crippen LogP contribution is 2.31. The molecule has 0 amide bonds. The molecule has 7 nitrogen and oxygen atoms in total. The summed E-state index contributed by atoms with van der Waals surface area (Å²) in [5.74, 6) is 0.272. The first kappa shape index (κ1) is 16.5. The van der Waals surface area contributed by atoms with Crippen LogP contribution in [0.2, 0.25) is 0 Å². The summed E-state index contributed by atoms with van der Waals surface area (Å²) in [7, 11) is -2.12. The van der Waals surface area contributed by atoms with Gasteiger partial charge in [0, 0.05) is 25.9 Å². The van der Waals surface area contributed by atoms with Gasteiger partial charge >= 0.3 is 0 Å². The van der Waals surface area contributed by atoms with E-state index in [0.29, 0.717) is 12.2 Å². The lowest BCUT2D eigenvalue weighted by Gasteiger charge is -2.10. The minimum Gasteiger partial charge on any atom is -0.370 e. The molecule has 0 spiro atoms. The number of sulfone groups is 1. The number of allylic oxidation sites excluding steroid dienone is 1. The average molecular weight is 367 g/mol. The van der Waals surface area contributed by atoms with Crippen LogP contribution in [0, 0.1) is 0 Å². The molecule has 8 heteroatoms. The van der Waals surface area contributed by atoms with Crippen LogP contribution in [0.15, 0.2) is 63.5 Å². The van der Waals surface area contributed by atoms with Crippen LogP contribution in [-0.4, -0.2) is 42.8 Å². The zero-order chi connectivity index (χ0) is 18.1. The van der Waals surface area contributed by atoms with Gasteiger partial charge in [-0.05, 0) is 23.8 Å². The van der Waals surface area contributed by atoms with Gasteiger partial charge in [-0.15, -0.1) is 5.10 Å². The Labute approximate surface area is 151 Å². The lowest BCUT2D eigenvalue weighted by molar-refractivity contribution is 0.597. The van der Waals surface area contributed by atoms with Gasteiger partial charge in [0.1, 0.15) is 0 Å². The Morgan fingerprint density at radius 1 is 1.15 bits per heavy atom. The van der Waals surface area contributed by atoms with Crippen molar-refractivity contribution in [2.75, 3.05) is 18.9 Å². The summed E-state index contributed by atoms with van der Waals surface area (Å²) in [6, 6.07) is 10.1. The van der Waals surface area contributed by atoms with Gasteiger partial charge in [0.25, 0.3) is 0 Å². The van der Waals surface area contributed by atoms with Gasteiger partial charge in [0.05, 0.1) is 17.1 Å². The third kappa shape index (κ3) is 2.59. The predicted octanol–water partition coefficient (Wildman–Crippen LogP) is 2.46. The molecule has 1 aliphatic heterocycles. The van der Waals surface area contributed by atoms with Gasteiger partial charge < -0.3 is 5.32 Å². The maximum Gasteiger partial charge on any atom is 0.214 e. The lowest BCUT2D eigenvalue weighted by atomic mass is 10.1. The average Bonchev–Trinajstić information content (AvgIpc) is 3.09. The molecule has 1 N–H and O–H groups in total. The molecule has 132 valence electrons. The minimum absolute atomic E-state index is 0.0768. The fourth-order valence-electron chi connectivity index (χ4n) is 2.98. The Morgan fingerprint density at radius 3 is 2.65 bits per heavy atom. The highest BCUT2D eigenvalue weighted by molar-refractivity contribution is 7.91. The van der Waals surface area contributed by atoms with Crippen LogP contribution < -0.4 is 5.32 Å². The van der Waals surface area contributed by atoms with E-state index in [9.17, 15) is 8.42 Å². The molecule has 4 rings (SSSR count). The van der Waals surface area contributed by atoms with E-state index in [4.69, 9.17) is 0 Å². The molecule has 26 heavy (non-hydrogen) atoms. The lowest BCUT2D eigenvalue weighted by Crippen LogP contribution is -2.06. The van der Waals surface area contributed by atoms with E-state index in [1.54, 1.807) is 48.1 Å². The van der Waals surface area contributed by atoms with E-state index in [-0.39, 0.29) is 15.6 Å². The summed E-state index contributed by atoms with van der Waals surface area (Å²) >= 11 is 0. The number of anilines is 1. The highest BCUT2D eigenvalue weighted by Gasteiger charge is 2.29. The predicted molar refractivity (Wildman–Crippen MR) is 100 cm³/mol. The molecule has 0 saturated heterocycles. The Balaban J connectivity index is 1.98. The zero-order valence-electron chi connectivity index (χ0n) is 14.1. The number of aromatic nitrogens is 3. The second kappa shape index (κ2) is 6.38. The molecule has 0 aliphatic carbocycles. The fourth-order valence-corrected chi connectivity index (χ4v) is 4.51. The summed E-state index contributed by atoms with van der Waals surface area (Å²) in [4.78, 5) is 8.90. The van der Waals surface area contributed by atoms with Crippen LogP contribution in [0.25, 0.3) is 11.2 Å². The molecule has 1 aliphatic rings. The molecular weight excluding hydrogens is 350 g/mol. The van der Waals surface area contributed by atoms with Gasteiger partial charge in [0.2, 0.25) is 9.84 Å². The molecular formula is C18H17N5O2S. The summed E-state index contributed by atoms with van der Waals surface area (Å²) in [5.41, 5.74) is 2.08. The summed E-state index contributed by atoms with van der Waals surface area (Å²) in [6.07, 6.45) is 6.27. The second-order valence-electron chi connectivity index (χ2n) is 5.80. The number of hydrogen-bond donors (Lipinski definition) is 1. The molecule has 1 aromatic carbocycles. The molecule has 0 bridgehead atoms. The van der Waals surface area contributed by atoms with Crippen LogP contribution in [0.4, 0.5) is 5.82 Å². The second-order valence-corrected chi connectivity index (χ2v) is 7.68. The van der Waals surface area contributed by atoms with Crippen molar-refractivity contribution in [3.63, 3.8) is 0 Å². The first-order valence-corrected chi connectivity index (χ1v) is 9.64. The van der Waals surface area contributed by atoms with E-state index < -0.39 is 9.84 Å². The summed E-state index contributed by atoms with van der Waals surface area (Å²) in [5, 5.41) is 7.36. The Hall–Kier alpha value is -3.00. The number of hydrogen-bond acceptors (Lipinski definition) is 6. The highest BCUT2D eigenvalue weighted by atomic mass is 32.2. The first-order valence-electron chi connectivity index (χ1n) is 8.16. The SMILES string of the molecule is CNc1nn2c(C3=CCC=NC3)ccnc2c1S(=O)(=O)c1ccccc1. The third-order valence-corrected chi connectivity index (χ3v) is 6.03. The normalized spacial score (nSPS) is 14.4. The monoisotopic (exact) mass is 367 g/mol. The van der Waals surface area contributed by atoms with Crippen molar-refractivity contribution in [1.29, 1.82) is 0 Å². The van der Waals surface area contributed by atoms with E-state index in [1.807, 2.05) is 12.3 Å². The molecule has 0 atom stereocenters. The van der Waals surface area contributed by atoms with Crippen LogP contribution in [0.5, 0.6) is 0 Å². The number of nitrogens with zero attached hydrogens (tertiary/aromatic N) is 4. The van der Waals surface area contributed by atoms with Crippen molar-refractivity contribution in [2.24, 2.45) is 4.99 Å². The number of rotatable bonds is 4. The van der Waals surface area contributed by atoms with E-state index >= 15 is 0 Å². The van der Waals surface area contributed by atoms with Gasteiger partial charge in [0.15, 0.2) is 16.4 Å². The third-order valence-electron chi connectivity index (χ3n) is 4.22. The van der Waals surface area contributed by atoms with Crippen molar-refractivity contribution in [3.8, 4) is 0 Å². The Morgan fingerprint density at radius 2 is 1.96 bits per heavy atom. The summed E-state index contributed by atoms with van der Waals surface area (Å²) in [6.45, 7) is 0.536. The minimum atomic E-state index is -3.77. The van der Waals surface area contributed by atoms with Crippen molar-refractivity contribution < 1.29 is 8.42 Å². The molecule has 3 aromatic rings. The summed E-state index contributed by atoms with van der Waals surface area (Å²) < 4.78 is 28.0. The molecule has 2 aromatic heterocycles.